The molecule has 2 heterocycles. The summed E-state index contributed by atoms with van der Waals surface area (Å²) in [5, 5.41) is 3.01. The Balaban J connectivity index is 1.46. The summed E-state index contributed by atoms with van der Waals surface area (Å²) in [4.78, 5) is 31.3. The van der Waals surface area contributed by atoms with Crippen LogP contribution in [0.3, 0.4) is 0 Å². The van der Waals surface area contributed by atoms with Crippen LogP contribution in [-0.2, 0) is 11.2 Å². The number of carbonyl (C=O) groups is 2. The van der Waals surface area contributed by atoms with Crippen LogP contribution in [0.1, 0.15) is 18.9 Å². The second kappa shape index (κ2) is 7.87. The van der Waals surface area contributed by atoms with Crippen molar-refractivity contribution in [2.45, 2.75) is 25.3 Å². The number of anilines is 2. The molecule has 2 aromatic rings. The molecule has 0 bridgehead atoms. The third kappa shape index (κ3) is 3.85. The van der Waals surface area contributed by atoms with Gasteiger partial charge >= 0.3 is 6.03 Å². The van der Waals surface area contributed by atoms with Crippen LogP contribution in [0.2, 0.25) is 0 Å². The Morgan fingerprint density at radius 2 is 1.79 bits per heavy atom. The van der Waals surface area contributed by atoms with Crippen LogP contribution in [0, 0.1) is 0 Å². The quantitative estimate of drug-likeness (QED) is 0.873. The molecule has 1 unspecified atom stereocenters. The maximum absolute atomic E-state index is 12.8. The van der Waals surface area contributed by atoms with Crippen molar-refractivity contribution in [3.05, 3.63) is 60.2 Å². The molecule has 1 N–H and O–H groups in total. The van der Waals surface area contributed by atoms with Crippen molar-refractivity contribution in [3.63, 3.8) is 0 Å². The van der Waals surface area contributed by atoms with Gasteiger partial charge in [-0.1, -0.05) is 37.3 Å². The molecule has 2 saturated heterocycles. The van der Waals surface area contributed by atoms with Crippen molar-refractivity contribution in [1.29, 1.82) is 0 Å². The maximum atomic E-state index is 12.8. The average Bonchev–Trinajstić information content (AvgIpc) is 3.18. The van der Waals surface area contributed by atoms with Crippen LogP contribution in [0.5, 0.6) is 0 Å². The van der Waals surface area contributed by atoms with E-state index < -0.39 is 0 Å². The zero-order chi connectivity index (χ0) is 20.4. The van der Waals surface area contributed by atoms with Crippen LogP contribution >= 0.6 is 0 Å². The molecule has 29 heavy (non-hydrogen) atoms. The van der Waals surface area contributed by atoms with E-state index in [4.69, 9.17) is 0 Å². The first-order valence-electron chi connectivity index (χ1n) is 10.2. The number of likely N-dealkylation sites (tertiary alicyclic amines) is 1. The molecule has 6 nitrogen and oxygen atoms in total. The molecule has 0 aromatic heterocycles. The van der Waals surface area contributed by atoms with Crippen LogP contribution in [0.15, 0.2) is 54.6 Å². The fourth-order valence-electron chi connectivity index (χ4n) is 4.30. The van der Waals surface area contributed by atoms with Gasteiger partial charge in [0.25, 0.3) is 0 Å². The standard InChI is InChI=1S/C23H28N4O2/c1-3-18-9-11-19(12-10-18)24-22(29)26-14-13-23(16-26)17-27(21(28)15-25(23)2)20-7-5-4-6-8-20/h4-12H,3,13-17H2,1-2H3,(H,24,29). The second-order valence-electron chi connectivity index (χ2n) is 8.05. The number of nitrogens with zero attached hydrogens (tertiary/aromatic N) is 3. The van der Waals surface area contributed by atoms with Gasteiger partial charge in [0.05, 0.1) is 12.1 Å². The lowest BCUT2D eigenvalue weighted by Gasteiger charge is -2.46. The Bertz CT molecular complexity index is 884. The van der Waals surface area contributed by atoms with E-state index in [1.54, 1.807) is 0 Å². The highest BCUT2D eigenvalue weighted by Gasteiger charge is 2.48. The topological polar surface area (TPSA) is 55.9 Å². The molecule has 2 aliphatic heterocycles. The van der Waals surface area contributed by atoms with Crippen LogP contribution in [-0.4, -0.2) is 60.5 Å². The summed E-state index contributed by atoms with van der Waals surface area (Å²) >= 11 is 0. The predicted octanol–water partition coefficient (Wildman–Crippen LogP) is 3.20. The van der Waals surface area contributed by atoms with Gasteiger partial charge in [0.2, 0.25) is 5.91 Å². The number of carbonyl (C=O) groups excluding carboxylic acids is 2. The highest BCUT2D eigenvalue weighted by atomic mass is 16.2. The number of aryl methyl sites for hydroxylation is 1. The Morgan fingerprint density at radius 1 is 1.07 bits per heavy atom. The van der Waals surface area contributed by atoms with Crippen molar-refractivity contribution in [1.82, 2.24) is 9.80 Å². The summed E-state index contributed by atoms with van der Waals surface area (Å²) in [5.41, 5.74) is 2.76. The maximum Gasteiger partial charge on any atom is 0.321 e. The van der Waals surface area contributed by atoms with Gasteiger partial charge in [-0.2, -0.15) is 0 Å². The number of hydrogen-bond donors (Lipinski definition) is 1. The number of benzene rings is 2. The molecule has 2 aliphatic rings. The monoisotopic (exact) mass is 392 g/mol. The van der Waals surface area contributed by atoms with Crippen LogP contribution in [0.4, 0.5) is 16.2 Å². The molecule has 1 atom stereocenters. The van der Waals surface area contributed by atoms with Crippen molar-refractivity contribution in [2.24, 2.45) is 0 Å². The van der Waals surface area contributed by atoms with Gasteiger partial charge in [0.15, 0.2) is 0 Å². The van der Waals surface area contributed by atoms with Gasteiger partial charge < -0.3 is 15.1 Å². The summed E-state index contributed by atoms with van der Waals surface area (Å²) in [7, 11) is 1.99. The summed E-state index contributed by atoms with van der Waals surface area (Å²) in [6.07, 6.45) is 1.83. The summed E-state index contributed by atoms with van der Waals surface area (Å²) < 4.78 is 0. The van der Waals surface area contributed by atoms with Gasteiger partial charge in [-0.25, -0.2) is 4.79 Å². The normalized spacial score (nSPS) is 22.3. The third-order valence-corrected chi connectivity index (χ3v) is 6.24. The molecule has 1 spiro atoms. The summed E-state index contributed by atoms with van der Waals surface area (Å²) in [6.45, 7) is 4.37. The molecular formula is C23H28N4O2. The minimum atomic E-state index is -0.215. The molecule has 0 aliphatic carbocycles. The Morgan fingerprint density at radius 3 is 2.48 bits per heavy atom. The van der Waals surface area contributed by atoms with E-state index in [1.165, 1.54) is 5.56 Å². The van der Waals surface area contributed by atoms with Gasteiger partial charge in [0, 0.05) is 31.0 Å². The van der Waals surface area contributed by atoms with Crippen molar-refractivity contribution >= 4 is 23.3 Å². The van der Waals surface area contributed by atoms with Crippen molar-refractivity contribution in [3.8, 4) is 0 Å². The summed E-state index contributed by atoms with van der Waals surface area (Å²) in [6, 6.07) is 17.7. The van der Waals surface area contributed by atoms with E-state index in [9.17, 15) is 9.59 Å². The molecule has 2 aromatic carbocycles. The van der Waals surface area contributed by atoms with E-state index in [-0.39, 0.29) is 17.5 Å². The first-order valence-corrected chi connectivity index (χ1v) is 10.2. The van der Waals surface area contributed by atoms with E-state index in [0.29, 0.717) is 26.2 Å². The molecule has 2 fully saturated rings. The molecule has 0 radical (unpaired) electrons. The molecule has 0 saturated carbocycles. The van der Waals surface area contributed by atoms with E-state index in [0.717, 1.165) is 24.2 Å². The number of amides is 3. The lowest BCUT2D eigenvalue weighted by Crippen LogP contribution is -2.64. The first-order chi connectivity index (χ1) is 14.0. The van der Waals surface area contributed by atoms with Crippen LogP contribution in [0.25, 0.3) is 0 Å². The Labute approximate surface area is 172 Å². The van der Waals surface area contributed by atoms with Crippen LogP contribution < -0.4 is 10.2 Å². The van der Waals surface area contributed by atoms with E-state index in [2.05, 4.69) is 17.1 Å². The number of nitrogens with one attached hydrogen (secondary N) is 1. The summed E-state index contributed by atoms with van der Waals surface area (Å²) in [5.74, 6) is 0.100. The minimum absolute atomic E-state index is 0.0808. The molecule has 4 rings (SSSR count). The molecular weight excluding hydrogens is 364 g/mol. The Kier molecular flexibility index (Phi) is 5.28. The fourth-order valence-corrected chi connectivity index (χ4v) is 4.30. The largest absolute Gasteiger partial charge is 0.323 e. The average molecular weight is 393 g/mol. The fraction of sp³-hybridized carbons (Fsp3) is 0.391. The highest BCUT2D eigenvalue weighted by Crippen LogP contribution is 2.33. The highest BCUT2D eigenvalue weighted by molar-refractivity contribution is 5.96. The number of urea groups is 1. The van der Waals surface area contributed by atoms with Gasteiger partial charge in [0.1, 0.15) is 0 Å². The van der Waals surface area contributed by atoms with Gasteiger partial charge in [-0.05, 0) is 49.7 Å². The van der Waals surface area contributed by atoms with Crippen molar-refractivity contribution in [2.75, 3.05) is 43.4 Å². The number of likely N-dealkylation sites (N-methyl/N-ethyl adjacent to an activating group) is 1. The lowest BCUT2D eigenvalue weighted by atomic mass is 9.92. The van der Waals surface area contributed by atoms with Crippen molar-refractivity contribution < 1.29 is 9.59 Å². The van der Waals surface area contributed by atoms with E-state index >= 15 is 0 Å². The van der Waals surface area contributed by atoms with Gasteiger partial charge in [-0.3, -0.25) is 9.69 Å². The molecule has 152 valence electrons. The second-order valence-corrected chi connectivity index (χ2v) is 8.05. The molecule has 6 heteroatoms. The molecule has 3 amide bonds. The zero-order valence-electron chi connectivity index (χ0n) is 17.1. The smallest absolute Gasteiger partial charge is 0.321 e. The first kappa shape index (κ1) is 19.5. The zero-order valence-corrected chi connectivity index (χ0v) is 17.1. The lowest BCUT2D eigenvalue weighted by molar-refractivity contribution is -0.123. The van der Waals surface area contributed by atoms with E-state index in [1.807, 2.05) is 71.4 Å². The van der Waals surface area contributed by atoms with Gasteiger partial charge in [-0.15, -0.1) is 0 Å². The number of rotatable bonds is 3. The number of para-hydroxylation sites is 1. The minimum Gasteiger partial charge on any atom is -0.323 e. The number of piperazine rings is 1. The predicted molar refractivity (Wildman–Crippen MR) is 115 cm³/mol. The SMILES string of the molecule is CCc1ccc(NC(=O)N2CCC3(C2)CN(c2ccccc2)C(=O)CN3C)cc1. The Hall–Kier alpha value is -2.86. The third-order valence-electron chi connectivity index (χ3n) is 6.24. The number of hydrogen-bond acceptors (Lipinski definition) is 3.